The van der Waals surface area contributed by atoms with Crippen LogP contribution in [0.15, 0.2) is 18.2 Å². The lowest BCUT2D eigenvalue weighted by Crippen LogP contribution is -2.40. The van der Waals surface area contributed by atoms with Gasteiger partial charge in [0.1, 0.15) is 0 Å². The fourth-order valence-electron chi connectivity index (χ4n) is 2.54. The molecular weight excluding hydrogens is 222 g/mol. The lowest BCUT2D eigenvalue weighted by atomic mass is 9.99. The molecule has 98 valence electrons. The average molecular weight is 245 g/mol. The topological polar surface area (TPSA) is 20.3 Å². The van der Waals surface area contributed by atoms with Crippen LogP contribution in [0.2, 0.25) is 0 Å². The van der Waals surface area contributed by atoms with E-state index in [-0.39, 0.29) is 11.8 Å². The summed E-state index contributed by atoms with van der Waals surface area (Å²) in [5.74, 6) is 0.256. The van der Waals surface area contributed by atoms with Gasteiger partial charge < -0.3 is 0 Å². The lowest BCUT2D eigenvalue weighted by Gasteiger charge is -2.26. The highest BCUT2D eigenvalue weighted by Gasteiger charge is 2.34. The van der Waals surface area contributed by atoms with Crippen LogP contribution >= 0.6 is 0 Å². The minimum Gasteiger partial charge on any atom is -0.292 e. The van der Waals surface area contributed by atoms with E-state index in [2.05, 4.69) is 25.7 Å². The van der Waals surface area contributed by atoms with Crippen LogP contribution in [-0.2, 0) is 0 Å². The Labute approximate surface area is 110 Å². The van der Waals surface area contributed by atoms with Gasteiger partial charge in [-0.15, -0.1) is 0 Å². The highest BCUT2D eigenvalue weighted by molar-refractivity contribution is 6.00. The van der Waals surface area contributed by atoms with Gasteiger partial charge in [0.2, 0.25) is 0 Å². The van der Waals surface area contributed by atoms with E-state index in [1.807, 2.05) is 25.1 Å². The van der Waals surface area contributed by atoms with E-state index >= 15 is 0 Å². The van der Waals surface area contributed by atoms with Gasteiger partial charge in [-0.05, 0) is 57.4 Å². The zero-order valence-corrected chi connectivity index (χ0v) is 11.9. The molecule has 0 N–H and O–H groups in total. The Morgan fingerprint density at radius 3 is 2.50 bits per heavy atom. The van der Waals surface area contributed by atoms with Crippen LogP contribution in [0.25, 0.3) is 0 Å². The second-order valence-electron chi connectivity index (χ2n) is 5.40. The third-order valence-electron chi connectivity index (χ3n) is 4.05. The molecule has 1 aliphatic rings. The number of carbonyl (C=O) groups excluding carboxylic acids is 1. The number of ketones is 1. The molecule has 2 rings (SSSR count). The van der Waals surface area contributed by atoms with E-state index < -0.39 is 0 Å². The van der Waals surface area contributed by atoms with Gasteiger partial charge in [0.15, 0.2) is 5.78 Å². The smallest absolute Gasteiger partial charge is 0.179 e. The first-order valence-corrected chi connectivity index (χ1v) is 6.91. The van der Waals surface area contributed by atoms with Crippen molar-refractivity contribution in [3.63, 3.8) is 0 Å². The summed E-state index contributed by atoms with van der Waals surface area (Å²) < 4.78 is 0. The average Bonchev–Trinajstić information content (AvgIpc) is 3.17. The lowest BCUT2D eigenvalue weighted by molar-refractivity contribution is 0.0834. The van der Waals surface area contributed by atoms with E-state index in [0.717, 1.165) is 12.1 Å². The van der Waals surface area contributed by atoms with E-state index in [9.17, 15) is 4.79 Å². The number of carbonyl (C=O) groups is 1. The summed E-state index contributed by atoms with van der Waals surface area (Å²) >= 11 is 0. The van der Waals surface area contributed by atoms with E-state index in [1.54, 1.807) is 0 Å². The molecule has 1 fully saturated rings. The van der Waals surface area contributed by atoms with Crippen LogP contribution in [0.5, 0.6) is 0 Å². The van der Waals surface area contributed by atoms with Crippen molar-refractivity contribution in [3.05, 3.63) is 34.9 Å². The zero-order valence-electron chi connectivity index (χ0n) is 11.9. The van der Waals surface area contributed by atoms with Gasteiger partial charge in [-0.2, -0.15) is 0 Å². The summed E-state index contributed by atoms with van der Waals surface area (Å²) in [4.78, 5) is 14.8. The number of aryl methyl sites for hydroxylation is 2. The maximum atomic E-state index is 12.5. The second kappa shape index (κ2) is 5.23. The highest BCUT2D eigenvalue weighted by atomic mass is 16.1. The van der Waals surface area contributed by atoms with Crippen LogP contribution in [0.1, 0.15) is 48.2 Å². The molecule has 1 saturated carbocycles. The predicted octanol–water partition coefficient (Wildman–Crippen LogP) is 3.36. The normalized spacial score (nSPS) is 16.9. The molecule has 1 aromatic rings. The van der Waals surface area contributed by atoms with Gasteiger partial charge in [-0.1, -0.05) is 19.1 Å². The SMILES string of the molecule is CCN(C1CC1)C(C)C(=O)c1ccc(C)c(C)c1. The number of Topliss-reactive ketones (excluding diaryl/α,β-unsaturated/α-hetero) is 1. The predicted molar refractivity (Wildman–Crippen MR) is 75.1 cm³/mol. The van der Waals surface area contributed by atoms with Gasteiger partial charge >= 0.3 is 0 Å². The van der Waals surface area contributed by atoms with Crippen molar-refractivity contribution in [2.45, 2.75) is 52.6 Å². The molecule has 1 aromatic carbocycles. The molecule has 1 unspecified atom stereocenters. The van der Waals surface area contributed by atoms with Gasteiger partial charge in [0.25, 0.3) is 0 Å². The van der Waals surface area contributed by atoms with Crippen LogP contribution in [0, 0.1) is 13.8 Å². The van der Waals surface area contributed by atoms with Crippen LogP contribution < -0.4 is 0 Å². The monoisotopic (exact) mass is 245 g/mol. The first kappa shape index (κ1) is 13.3. The molecule has 2 heteroatoms. The van der Waals surface area contributed by atoms with Crippen molar-refractivity contribution in [1.29, 1.82) is 0 Å². The number of likely N-dealkylation sites (N-methyl/N-ethyl adjacent to an activating group) is 1. The largest absolute Gasteiger partial charge is 0.292 e. The van der Waals surface area contributed by atoms with Crippen molar-refractivity contribution in [2.24, 2.45) is 0 Å². The zero-order chi connectivity index (χ0) is 13.3. The number of benzene rings is 1. The number of rotatable bonds is 5. The molecule has 0 aliphatic heterocycles. The summed E-state index contributed by atoms with van der Waals surface area (Å²) in [7, 11) is 0. The van der Waals surface area contributed by atoms with E-state index in [4.69, 9.17) is 0 Å². The standard InChI is InChI=1S/C16H23NO/c1-5-17(15-8-9-15)13(4)16(18)14-7-6-11(2)12(3)10-14/h6-7,10,13,15H,5,8-9H2,1-4H3. The summed E-state index contributed by atoms with van der Waals surface area (Å²) in [6.45, 7) is 9.29. The quantitative estimate of drug-likeness (QED) is 0.741. The molecular formula is C16H23NO. The molecule has 0 heterocycles. The Bertz CT molecular complexity index is 448. The second-order valence-corrected chi connectivity index (χ2v) is 5.40. The molecule has 0 spiro atoms. The molecule has 0 radical (unpaired) electrons. The van der Waals surface area contributed by atoms with Gasteiger partial charge in [0.05, 0.1) is 6.04 Å². The molecule has 0 aromatic heterocycles. The third-order valence-corrected chi connectivity index (χ3v) is 4.05. The van der Waals surface area contributed by atoms with Crippen molar-refractivity contribution in [1.82, 2.24) is 4.90 Å². The fraction of sp³-hybridized carbons (Fsp3) is 0.562. The Morgan fingerprint density at radius 2 is 2.00 bits per heavy atom. The Kier molecular flexibility index (Phi) is 3.86. The first-order chi connectivity index (χ1) is 8.54. The maximum Gasteiger partial charge on any atom is 0.179 e. The van der Waals surface area contributed by atoms with Crippen LogP contribution in [0.4, 0.5) is 0 Å². The van der Waals surface area contributed by atoms with Crippen LogP contribution in [0.3, 0.4) is 0 Å². The minimum absolute atomic E-state index is 0.00426. The molecule has 0 bridgehead atoms. The van der Waals surface area contributed by atoms with Crippen molar-refractivity contribution >= 4 is 5.78 Å². The minimum atomic E-state index is 0.00426. The van der Waals surface area contributed by atoms with E-state index in [0.29, 0.717) is 6.04 Å². The Hall–Kier alpha value is -1.15. The van der Waals surface area contributed by atoms with Crippen LogP contribution in [-0.4, -0.2) is 29.3 Å². The fourth-order valence-corrected chi connectivity index (χ4v) is 2.54. The molecule has 0 saturated heterocycles. The third kappa shape index (κ3) is 2.64. The van der Waals surface area contributed by atoms with E-state index in [1.165, 1.54) is 24.0 Å². The van der Waals surface area contributed by atoms with Gasteiger partial charge in [-0.25, -0.2) is 0 Å². The summed E-state index contributed by atoms with van der Waals surface area (Å²) in [6, 6.07) is 6.67. The Morgan fingerprint density at radius 1 is 1.33 bits per heavy atom. The summed E-state index contributed by atoms with van der Waals surface area (Å²) in [5.41, 5.74) is 3.29. The first-order valence-electron chi connectivity index (χ1n) is 6.91. The molecule has 1 atom stereocenters. The van der Waals surface area contributed by atoms with Crippen molar-refractivity contribution in [2.75, 3.05) is 6.54 Å². The van der Waals surface area contributed by atoms with Crippen molar-refractivity contribution < 1.29 is 4.79 Å². The summed E-state index contributed by atoms with van der Waals surface area (Å²) in [6.07, 6.45) is 2.50. The molecule has 0 amide bonds. The molecule has 1 aliphatic carbocycles. The van der Waals surface area contributed by atoms with Crippen molar-refractivity contribution in [3.8, 4) is 0 Å². The molecule has 18 heavy (non-hydrogen) atoms. The maximum absolute atomic E-state index is 12.5. The highest BCUT2D eigenvalue weighted by Crippen LogP contribution is 2.29. The number of nitrogens with zero attached hydrogens (tertiary/aromatic N) is 1. The van der Waals surface area contributed by atoms with Gasteiger partial charge in [0, 0.05) is 11.6 Å². The van der Waals surface area contributed by atoms with Gasteiger partial charge in [-0.3, -0.25) is 9.69 Å². The summed E-state index contributed by atoms with van der Waals surface area (Å²) in [5, 5.41) is 0. The number of hydrogen-bond acceptors (Lipinski definition) is 2. The number of hydrogen-bond donors (Lipinski definition) is 0. The Balaban J connectivity index is 2.16. The molecule has 2 nitrogen and oxygen atoms in total.